The molecule has 0 bridgehead atoms. The standard InChI is InChI=1S/C30H29Cl2NO6/c1-30(2,3)17-12-10-16(11-13-17)24-22(25(34)20-15-21(31)28(39-6)23(32)27(20)38-5)26(35)29(36)33(24)18-8-7-9-19(14-18)37-4/h7-15,24,34H,1-6H3/b25-22+. The van der Waals surface area contributed by atoms with Crippen LogP contribution in [0.5, 0.6) is 17.2 Å². The first-order valence-corrected chi connectivity index (χ1v) is 12.9. The molecule has 39 heavy (non-hydrogen) atoms. The molecule has 3 aromatic rings. The number of aliphatic hydroxyl groups excluding tert-OH is 1. The molecule has 0 aliphatic carbocycles. The summed E-state index contributed by atoms with van der Waals surface area (Å²) in [6.45, 7) is 6.27. The summed E-state index contributed by atoms with van der Waals surface area (Å²) >= 11 is 12.8. The number of anilines is 1. The van der Waals surface area contributed by atoms with Crippen LogP contribution in [0.1, 0.15) is 43.5 Å². The first-order valence-electron chi connectivity index (χ1n) is 12.1. The topological polar surface area (TPSA) is 85.3 Å². The van der Waals surface area contributed by atoms with Crippen LogP contribution in [-0.2, 0) is 15.0 Å². The summed E-state index contributed by atoms with van der Waals surface area (Å²) in [4.78, 5) is 28.5. The molecule has 3 aromatic carbocycles. The smallest absolute Gasteiger partial charge is 0.300 e. The van der Waals surface area contributed by atoms with Gasteiger partial charge in [-0.2, -0.15) is 0 Å². The Morgan fingerprint density at radius 2 is 1.54 bits per heavy atom. The van der Waals surface area contributed by atoms with Gasteiger partial charge in [0.05, 0.1) is 43.5 Å². The predicted molar refractivity (Wildman–Crippen MR) is 152 cm³/mol. The maximum Gasteiger partial charge on any atom is 0.300 e. The van der Waals surface area contributed by atoms with Crippen molar-refractivity contribution in [3.05, 3.63) is 86.9 Å². The summed E-state index contributed by atoms with van der Waals surface area (Å²) in [7, 11) is 4.27. The van der Waals surface area contributed by atoms with E-state index in [4.69, 9.17) is 37.4 Å². The highest BCUT2D eigenvalue weighted by Crippen LogP contribution is 2.48. The van der Waals surface area contributed by atoms with Gasteiger partial charge in [-0.05, 0) is 34.7 Å². The number of Topliss-reactive ketones (excluding diaryl/α,β-unsaturated/α-hetero) is 1. The van der Waals surface area contributed by atoms with E-state index in [-0.39, 0.29) is 38.1 Å². The molecule has 1 atom stereocenters. The molecule has 9 heteroatoms. The van der Waals surface area contributed by atoms with Crippen LogP contribution >= 0.6 is 23.2 Å². The van der Waals surface area contributed by atoms with Crippen LogP contribution in [0.15, 0.2) is 60.2 Å². The average molecular weight is 570 g/mol. The van der Waals surface area contributed by atoms with Gasteiger partial charge in [-0.1, -0.05) is 74.3 Å². The van der Waals surface area contributed by atoms with Crippen LogP contribution in [-0.4, -0.2) is 38.1 Å². The summed E-state index contributed by atoms with van der Waals surface area (Å²) in [6.07, 6.45) is 0. The fourth-order valence-corrected chi connectivity index (χ4v) is 5.32. The lowest BCUT2D eigenvalue weighted by atomic mass is 9.85. The second-order valence-corrected chi connectivity index (χ2v) is 10.8. The van der Waals surface area contributed by atoms with Crippen molar-refractivity contribution >= 4 is 46.3 Å². The SMILES string of the molecule is COc1cccc(N2C(=O)C(=O)/C(=C(/O)c3cc(Cl)c(OC)c(Cl)c3OC)C2c2ccc(C(C)(C)C)cc2)c1. The molecule has 0 saturated carbocycles. The summed E-state index contributed by atoms with van der Waals surface area (Å²) in [5.74, 6) is -1.45. The van der Waals surface area contributed by atoms with Gasteiger partial charge in [0.2, 0.25) is 0 Å². The van der Waals surface area contributed by atoms with E-state index in [0.29, 0.717) is 17.0 Å². The maximum atomic E-state index is 13.6. The lowest BCUT2D eigenvalue weighted by Crippen LogP contribution is -2.29. The Bertz CT molecular complexity index is 1470. The molecule has 1 saturated heterocycles. The second kappa shape index (κ2) is 10.8. The third kappa shape index (κ3) is 5.04. The Kier molecular flexibility index (Phi) is 7.87. The Morgan fingerprint density at radius 1 is 0.897 bits per heavy atom. The van der Waals surface area contributed by atoms with Crippen LogP contribution in [0.3, 0.4) is 0 Å². The van der Waals surface area contributed by atoms with Gasteiger partial charge in [-0.25, -0.2) is 0 Å². The average Bonchev–Trinajstić information content (AvgIpc) is 3.18. The normalized spacial score (nSPS) is 16.9. The van der Waals surface area contributed by atoms with E-state index in [2.05, 4.69) is 20.8 Å². The molecule has 1 heterocycles. The number of carbonyl (C=O) groups is 2. The molecular weight excluding hydrogens is 541 g/mol. The number of ether oxygens (including phenoxy) is 3. The molecule has 7 nitrogen and oxygen atoms in total. The monoisotopic (exact) mass is 569 g/mol. The molecule has 1 N–H and O–H groups in total. The van der Waals surface area contributed by atoms with E-state index in [1.165, 1.54) is 32.3 Å². The highest BCUT2D eigenvalue weighted by Gasteiger charge is 2.47. The van der Waals surface area contributed by atoms with Crippen molar-refractivity contribution in [1.82, 2.24) is 0 Å². The Labute approximate surface area is 237 Å². The number of amides is 1. The van der Waals surface area contributed by atoms with E-state index < -0.39 is 23.5 Å². The number of carbonyl (C=O) groups excluding carboxylic acids is 2. The minimum Gasteiger partial charge on any atom is -0.507 e. The molecule has 1 unspecified atom stereocenters. The summed E-state index contributed by atoms with van der Waals surface area (Å²) < 4.78 is 16.1. The van der Waals surface area contributed by atoms with Crippen molar-refractivity contribution in [2.24, 2.45) is 0 Å². The van der Waals surface area contributed by atoms with Crippen LogP contribution < -0.4 is 19.1 Å². The Hall–Kier alpha value is -3.68. The van der Waals surface area contributed by atoms with E-state index in [1.54, 1.807) is 24.3 Å². The number of nitrogens with zero attached hydrogens (tertiary/aromatic N) is 1. The minimum atomic E-state index is -0.963. The fraction of sp³-hybridized carbons (Fsp3) is 0.267. The number of methoxy groups -OCH3 is 3. The molecular formula is C30H29Cl2NO6. The molecule has 1 aliphatic rings. The first kappa shape index (κ1) is 28.3. The molecule has 0 spiro atoms. The third-order valence-corrected chi connectivity index (χ3v) is 7.29. The van der Waals surface area contributed by atoms with Gasteiger partial charge in [-0.15, -0.1) is 0 Å². The van der Waals surface area contributed by atoms with Crippen molar-refractivity contribution in [2.75, 3.05) is 26.2 Å². The number of ketones is 1. The zero-order valence-corrected chi connectivity index (χ0v) is 24.0. The van der Waals surface area contributed by atoms with Crippen molar-refractivity contribution in [3.8, 4) is 17.2 Å². The van der Waals surface area contributed by atoms with E-state index in [1.807, 2.05) is 24.3 Å². The molecule has 1 fully saturated rings. The Morgan fingerprint density at radius 3 is 2.10 bits per heavy atom. The van der Waals surface area contributed by atoms with Crippen LogP contribution in [0.4, 0.5) is 5.69 Å². The van der Waals surface area contributed by atoms with Gasteiger partial charge in [0.15, 0.2) is 11.5 Å². The van der Waals surface area contributed by atoms with E-state index in [0.717, 1.165) is 5.56 Å². The number of aliphatic hydroxyl groups is 1. The zero-order chi connectivity index (χ0) is 28.6. The number of rotatable bonds is 6. The predicted octanol–water partition coefficient (Wildman–Crippen LogP) is 6.94. The largest absolute Gasteiger partial charge is 0.507 e. The van der Waals surface area contributed by atoms with Crippen LogP contribution in [0.25, 0.3) is 5.76 Å². The minimum absolute atomic E-state index is 0.0159. The third-order valence-electron chi connectivity index (χ3n) is 6.66. The molecule has 0 aromatic heterocycles. The molecule has 204 valence electrons. The number of hydrogen-bond acceptors (Lipinski definition) is 6. The van der Waals surface area contributed by atoms with Crippen LogP contribution in [0.2, 0.25) is 10.0 Å². The van der Waals surface area contributed by atoms with Gasteiger partial charge < -0.3 is 19.3 Å². The number of halogens is 2. The number of hydrogen-bond donors (Lipinski definition) is 1. The number of benzene rings is 3. The van der Waals surface area contributed by atoms with Gasteiger partial charge in [-0.3, -0.25) is 14.5 Å². The van der Waals surface area contributed by atoms with Crippen molar-refractivity contribution in [1.29, 1.82) is 0 Å². The van der Waals surface area contributed by atoms with Gasteiger partial charge >= 0.3 is 0 Å². The van der Waals surface area contributed by atoms with E-state index in [9.17, 15) is 14.7 Å². The highest BCUT2D eigenvalue weighted by molar-refractivity contribution is 6.52. The van der Waals surface area contributed by atoms with Crippen molar-refractivity contribution in [3.63, 3.8) is 0 Å². The lowest BCUT2D eigenvalue weighted by Gasteiger charge is -2.27. The molecule has 1 amide bonds. The Balaban J connectivity index is 2.01. The molecule has 1 aliphatic heterocycles. The van der Waals surface area contributed by atoms with Crippen LogP contribution in [0, 0.1) is 0 Å². The van der Waals surface area contributed by atoms with Gasteiger partial charge in [0.25, 0.3) is 11.7 Å². The maximum absolute atomic E-state index is 13.6. The van der Waals surface area contributed by atoms with Gasteiger partial charge in [0.1, 0.15) is 16.5 Å². The highest BCUT2D eigenvalue weighted by atomic mass is 35.5. The van der Waals surface area contributed by atoms with Crippen molar-refractivity contribution < 1.29 is 28.9 Å². The zero-order valence-electron chi connectivity index (χ0n) is 22.5. The lowest BCUT2D eigenvalue weighted by molar-refractivity contribution is -0.132. The molecule has 0 radical (unpaired) electrons. The molecule has 4 rings (SSSR count). The fourth-order valence-electron chi connectivity index (χ4n) is 4.63. The van der Waals surface area contributed by atoms with Crippen molar-refractivity contribution in [2.45, 2.75) is 32.2 Å². The quantitative estimate of drug-likeness (QED) is 0.196. The summed E-state index contributed by atoms with van der Waals surface area (Å²) in [5.41, 5.74) is 1.92. The summed E-state index contributed by atoms with van der Waals surface area (Å²) in [5, 5.41) is 11.7. The first-order chi connectivity index (χ1) is 18.4. The van der Waals surface area contributed by atoms with E-state index >= 15 is 0 Å². The summed E-state index contributed by atoms with van der Waals surface area (Å²) in [6, 6.07) is 14.8. The second-order valence-electron chi connectivity index (χ2n) is 10.0. The van der Waals surface area contributed by atoms with Gasteiger partial charge in [0, 0.05) is 11.8 Å².